The number of methoxy groups -OCH3 is 1. The summed E-state index contributed by atoms with van der Waals surface area (Å²) in [4.78, 5) is 28.9. The number of anilines is 1. The lowest BCUT2D eigenvalue weighted by Gasteiger charge is -2.39. The molecule has 1 amide bonds. The van der Waals surface area contributed by atoms with Gasteiger partial charge in [-0.25, -0.2) is 4.68 Å². The van der Waals surface area contributed by atoms with Crippen molar-refractivity contribution in [3.8, 4) is 17.0 Å². The molecular formula is C23H24N4O3. The van der Waals surface area contributed by atoms with Crippen molar-refractivity contribution in [3.63, 3.8) is 0 Å². The number of hydrogen-bond donors (Lipinski definition) is 0. The molecule has 1 aliphatic heterocycles. The van der Waals surface area contributed by atoms with Crippen LogP contribution < -0.4 is 15.2 Å². The number of nitrogens with zero attached hydrogens (tertiary/aromatic N) is 4. The first kappa shape index (κ1) is 19.7. The zero-order valence-electron chi connectivity index (χ0n) is 17.3. The van der Waals surface area contributed by atoms with Gasteiger partial charge in [-0.1, -0.05) is 18.2 Å². The number of rotatable bonds is 5. The molecule has 0 bridgehead atoms. The maximum absolute atomic E-state index is 12.8. The fraction of sp³-hybridized carbons (Fsp3) is 0.261. The van der Waals surface area contributed by atoms with Gasteiger partial charge < -0.3 is 14.5 Å². The van der Waals surface area contributed by atoms with Crippen molar-refractivity contribution in [3.05, 3.63) is 76.6 Å². The Hall–Kier alpha value is -3.61. The normalized spacial score (nSPS) is 13.6. The summed E-state index contributed by atoms with van der Waals surface area (Å²) in [6.07, 6.45) is 0. The van der Waals surface area contributed by atoms with Crippen LogP contribution in [-0.2, 0) is 0 Å². The lowest BCUT2D eigenvalue weighted by molar-refractivity contribution is 0.0493. The molecule has 0 radical (unpaired) electrons. The van der Waals surface area contributed by atoms with E-state index in [1.54, 1.807) is 18.1 Å². The summed E-state index contributed by atoms with van der Waals surface area (Å²) >= 11 is 0. The van der Waals surface area contributed by atoms with Gasteiger partial charge in [0.15, 0.2) is 0 Å². The molecule has 0 spiro atoms. The number of para-hydroxylation sites is 1. The van der Waals surface area contributed by atoms with Crippen LogP contribution in [0.15, 0.2) is 65.5 Å². The fourth-order valence-electron chi connectivity index (χ4n) is 3.56. The molecular weight excluding hydrogens is 380 g/mol. The van der Waals surface area contributed by atoms with Gasteiger partial charge in [-0.2, -0.15) is 5.10 Å². The van der Waals surface area contributed by atoms with E-state index < -0.39 is 0 Å². The number of carbonyl (C=O) groups is 1. The van der Waals surface area contributed by atoms with Gasteiger partial charge in [0.1, 0.15) is 5.75 Å². The topological polar surface area (TPSA) is 67.7 Å². The van der Waals surface area contributed by atoms with E-state index in [1.165, 1.54) is 10.7 Å². The second-order valence-electron chi connectivity index (χ2n) is 7.51. The average Bonchev–Trinajstić information content (AvgIpc) is 2.74. The summed E-state index contributed by atoms with van der Waals surface area (Å²) in [5, 5.41) is 4.56. The molecule has 0 saturated carbocycles. The van der Waals surface area contributed by atoms with Crippen LogP contribution in [-0.4, -0.2) is 54.9 Å². The van der Waals surface area contributed by atoms with Crippen molar-refractivity contribution >= 4 is 11.6 Å². The van der Waals surface area contributed by atoms with E-state index in [0.29, 0.717) is 30.1 Å². The summed E-state index contributed by atoms with van der Waals surface area (Å²) in [5.74, 6) is 0.658. The minimum atomic E-state index is -0.180. The van der Waals surface area contributed by atoms with Crippen molar-refractivity contribution in [1.82, 2.24) is 14.7 Å². The molecule has 1 aliphatic rings. The quantitative estimate of drug-likeness (QED) is 0.654. The Bertz CT molecular complexity index is 1130. The summed E-state index contributed by atoms with van der Waals surface area (Å²) < 4.78 is 6.88. The van der Waals surface area contributed by atoms with Gasteiger partial charge in [-0.15, -0.1) is 0 Å². The van der Waals surface area contributed by atoms with Gasteiger partial charge >= 0.3 is 0 Å². The van der Waals surface area contributed by atoms with Gasteiger partial charge in [0.2, 0.25) is 0 Å². The number of ether oxygens (including phenoxy) is 1. The summed E-state index contributed by atoms with van der Waals surface area (Å²) in [7, 11) is 5.49. The van der Waals surface area contributed by atoms with Crippen molar-refractivity contribution in [1.29, 1.82) is 0 Å². The predicted octanol–water partition coefficient (Wildman–Crippen LogP) is 2.68. The number of carbonyl (C=O) groups excluding carboxylic acids is 1. The van der Waals surface area contributed by atoms with Gasteiger partial charge in [0.05, 0.1) is 18.8 Å². The van der Waals surface area contributed by atoms with Crippen molar-refractivity contribution in [2.75, 3.05) is 39.2 Å². The van der Waals surface area contributed by atoms with Crippen LogP contribution in [0.4, 0.5) is 5.69 Å². The standard InChI is InChI=1S/C23H24N4O3/c1-25(2)17-8-6-7-16(13-17)23(29)26-14-18(15-26)27-22(28)12-11-20(24-27)19-9-4-5-10-21(19)30-3/h4-13,18H,14-15H2,1-3H3. The molecule has 2 heterocycles. The molecule has 1 saturated heterocycles. The largest absolute Gasteiger partial charge is 0.496 e. The Labute approximate surface area is 175 Å². The van der Waals surface area contributed by atoms with Gasteiger partial charge in [-0.3, -0.25) is 9.59 Å². The molecule has 30 heavy (non-hydrogen) atoms. The molecule has 1 aromatic heterocycles. The Morgan fingerprint density at radius 3 is 2.57 bits per heavy atom. The van der Waals surface area contributed by atoms with Crippen LogP contribution in [0.3, 0.4) is 0 Å². The van der Waals surface area contributed by atoms with E-state index in [0.717, 1.165) is 11.3 Å². The molecule has 0 aliphatic carbocycles. The molecule has 0 N–H and O–H groups in total. The summed E-state index contributed by atoms with van der Waals surface area (Å²) in [6, 6.07) is 18.2. The average molecular weight is 404 g/mol. The highest BCUT2D eigenvalue weighted by Gasteiger charge is 2.34. The third-order valence-corrected chi connectivity index (χ3v) is 5.31. The van der Waals surface area contributed by atoms with E-state index in [9.17, 15) is 9.59 Å². The lowest BCUT2D eigenvalue weighted by Crippen LogP contribution is -2.53. The highest BCUT2D eigenvalue weighted by molar-refractivity contribution is 5.95. The maximum Gasteiger partial charge on any atom is 0.267 e. The zero-order valence-corrected chi connectivity index (χ0v) is 17.3. The number of hydrogen-bond acceptors (Lipinski definition) is 5. The molecule has 3 aromatic rings. The van der Waals surface area contributed by atoms with Crippen molar-refractivity contribution in [2.45, 2.75) is 6.04 Å². The third kappa shape index (κ3) is 3.66. The van der Waals surface area contributed by atoms with Crippen LogP contribution in [0.2, 0.25) is 0 Å². The number of aromatic nitrogens is 2. The molecule has 154 valence electrons. The van der Waals surface area contributed by atoms with Crippen LogP contribution in [0.5, 0.6) is 5.75 Å². The monoisotopic (exact) mass is 404 g/mol. The maximum atomic E-state index is 12.8. The third-order valence-electron chi connectivity index (χ3n) is 5.31. The summed E-state index contributed by atoms with van der Waals surface area (Å²) in [6.45, 7) is 0.903. The minimum absolute atomic E-state index is 0.0381. The van der Waals surface area contributed by atoms with Crippen LogP contribution >= 0.6 is 0 Å². The van der Waals surface area contributed by atoms with Crippen molar-refractivity contribution in [2.24, 2.45) is 0 Å². The molecule has 0 unspecified atom stereocenters. The predicted molar refractivity (Wildman–Crippen MR) is 116 cm³/mol. The first-order valence-corrected chi connectivity index (χ1v) is 9.78. The number of benzene rings is 2. The van der Waals surface area contributed by atoms with Crippen LogP contribution in [0.1, 0.15) is 16.4 Å². The first-order chi connectivity index (χ1) is 14.5. The van der Waals surface area contributed by atoms with E-state index >= 15 is 0 Å². The fourth-order valence-corrected chi connectivity index (χ4v) is 3.56. The first-order valence-electron chi connectivity index (χ1n) is 9.78. The summed E-state index contributed by atoms with van der Waals surface area (Å²) in [5.41, 5.74) is 2.92. The smallest absolute Gasteiger partial charge is 0.267 e. The van der Waals surface area contributed by atoms with Gasteiger partial charge in [0, 0.05) is 50.1 Å². The van der Waals surface area contributed by atoms with Gasteiger partial charge in [0.25, 0.3) is 11.5 Å². The van der Waals surface area contributed by atoms with E-state index in [2.05, 4.69) is 5.10 Å². The lowest BCUT2D eigenvalue weighted by atomic mass is 10.1. The Morgan fingerprint density at radius 1 is 1.07 bits per heavy atom. The highest BCUT2D eigenvalue weighted by Crippen LogP contribution is 2.28. The Morgan fingerprint density at radius 2 is 1.83 bits per heavy atom. The Balaban J connectivity index is 1.53. The molecule has 0 atom stereocenters. The molecule has 1 fully saturated rings. The highest BCUT2D eigenvalue weighted by atomic mass is 16.5. The molecule has 7 nitrogen and oxygen atoms in total. The Kier molecular flexibility index (Phi) is 5.27. The van der Waals surface area contributed by atoms with E-state index in [4.69, 9.17) is 4.74 Å². The molecule has 4 rings (SSSR count). The number of likely N-dealkylation sites (tertiary alicyclic amines) is 1. The van der Waals surface area contributed by atoms with E-state index in [-0.39, 0.29) is 17.5 Å². The van der Waals surface area contributed by atoms with E-state index in [1.807, 2.05) is 67.5 Å². The molecule has 7 heteroatoms. The minimum Gasteiger partial charge on any atom is -0.496 e. The van der Waals surface area contributed by atoms with Crippen molar-refractivity contribution < 1.29 is 9.53 Å². The SMILES string of the molecule is COc1ccccc1-c1ccc(=O)n(C2CN(C(=O)c3cccc(N(C)C)c3)C2)n1. The van der Waals surface area contributed by atoms with Gasteiger partial charge in [-0.05, 0) is 36.4 Å². The second-order valence-corrected chi connectivity index (χ2v) is 7.51. The van der Waals surface area contributed by atoms with Crippen LogP contribution in [0.25, 0.3) is 11.3 Å². The van der Waals surface area contributed by atoms with Crippen LogP contribution in [0, 0.1) is 0 Å². The second kappa shape index (κ2) is 8.02. The zero-order chi connectivity index (χ0) is 21.3. The molecule has 2 aromatic carbocycles. The number of amides is 1.